The number of nitrogens with one attached hydrogen (secondary N) is 1. The van der Waals surface area contributed by atoms with E-state index in [1.807, 2.05) is 0 Å². The molecule has 1 aliphatic rings. The summed E-state index contributed by atoms with van der Waals surface area (Å²) in [6.07, 6.45) is 2.62. The molecule has 0 unspecified atom stereocenters. The third kappa shape index (κ3) is 4.25. The molecule has 5 rings (SSSR count). The Morgan fingerprint density at radius 3 is 2.38 bits per heavy atom. The summed E-state index contributed by atoms with van der Waals surface area (Å²) in [4.78, 5) is 16.4. The van der Waals surface area contributed by atoms with Crippen LogP contribution in [-0.4, -0.2) is 48.1 Å². The summed E-state index contributed by atoms with van der Waals surface area (Å²) < 4.78 is 1.08. The molecule has 0 amide bonds. The van der Waals surface area contributed by atoms with E-state index in [1.165, 1.54) is 21.7 Å². The average molecular weight is 508 g/mol. The molecule has 1 N–H and O–H groups in total. The number of hydrogen-bond donors (Lipinski definition) is 1. The number of anilines is 3. The molecule has 5 nitrogen and oxygen atoms in total. The van der Waals surface area contributed by atoms with Crippen LogP contribution < -0.4 is 10.2 Å². The summed E-state index contributed by atoms with van der Waals surface area (Å²) in [5.41, 5.74) is 4.74. The van der Waals surface area contributed by atoms with Crippen molar-refractivity contribution in [3.8, 4) is 11.1 Å². The minimum absolute atomic E-state index is 0.858. The minimum atomic E-state index is 0.858. The molecule has 7 heteroatoms. The monoisotopic (exact) mass is 507 g/mol. The molecular formula is C25H26BrN5S. The van der Waals surface area contributed by atoms with Crippen molar-refractivity contribution >= 4 is 54.7 Å². The zero-order valence-electron chi connectivity index (χ0n) is 18.3. The third-order valence-electron chi connectivity index (χ3n) is 6.01. The fourth-order valence-corrected chi connectivity index (χ4v) is 5.57. The molecule has 0 aliphatic carbocycles. The lowest BCUT2D eigenvalue weighted by atomic mass is 10.0. The molecule has 164 valence electrons. The van der Waals surface area contributed by atoms with E-state index >= 15 is 0 Å². The van der Waals surface area contributed by atoms with Gasteiger partial charge in [-0.3, -0.25) is 0 Å². The Kier molecular flexibility index (Phi) is 6.13. The first-order valence-electron chi connectivity index (χ1n) is 10.9. The number of hydrogen-bond acceptors (Lipinski definition) is 6. The lowest BCUT2D eigenvalue weighted by molar-refractivity contribution is 0.313. The Morgan fingerprint density at radius 1 is 0.969 bits per heavy atom. The van der Waals surface area contributed by atoms with Crippen LogP contribution in [0.1, 0.15) is 11.8 Å². The molecule has 1 fully saturated rings. The Labute approximate surface area is 201 Å². The molecule has 0 spiro atoms. The lowest BCUT2D eigenvalue weighted by Crippen LogP contribution is -2.44. The fourth-order valence-electron chi connectivity index (χ4n) is 4.20. The maximum atomic E-state index is 4.63. The van der Waals surface area contributed by atoms with E-state index < -0.39 is 0 Å². The maximum absolute atomic E-state index is 4.63. The number of fused-ring (bicyclic) bond motifs is 1. The van der Waals surface area contributed by atoms with Crippen LogP contribution in [-0.2, 0) is 6.42 Å². The summed E-state index contributed by atoms with van der Waals surface area (Å²) in [5.74, 6) is 0.858. The molecule has 2 aromatic carbocycles. The Balaban J connectivity index is 1.48. The summed E-state index contributed by atoms with van der Waals surface area (Å²) in [6, 6.07) is 17.2. The highest BCUT2D eigenvalue weighted by molar-refractivity contribution is 9.10. The van der Waals surface area contributed by atoms with Crippen LogP contribution in [0.15, 0.2) is 59.3 Å². The quantitative estimate of drug-likeness (QED) is 0.349. The van der Waals surface area contributed by atoms with Crippen molar-refractivity contribution in [2.24, 2.45) is 0 Å². The van der Waals surface area contributed by atoms with E-state index in [0.717, 1.165) is 58.8 Å². The van der Waals surface area contributed by atoms with Crippen molar-refractivity contribution in [2.75, 3.05) is 43.4 Å². The number of benzene rings is 2. The van der Waals surface area contributed by atoms with Gasteiger partial charge in [-0.2, -0.15) is 0 Å². The van der Waals surface area contributed by atoms with Gasteiger partial charge in [-0.25, -0.2) is 9.97 Å². The molecule has 1 saturated heterocycles. The number of aromatic nitrogens is 2. The number of thiophene rings is 1. The van der Waals surface area contributed by atoms with Crippen molar-refractivity contribution in [3.05, 3.63) is 64.2 Å². The van der Waals surface area contributed by atoms with Gasteiger partial charge in [0.1, 0.15) is 17.0 Å². The second-order valence-electron chi connectivity index (χ2n) is 8.13. The molecule has 0 bridgehead atoms. The number of nitrogens with zero attached hydrogens (tertiary/aromatic N) is 4. The van der Waals surface area contributed by atoms with E-state index in [2.05, 4.69) is 104 Å². The van der Waals surface area contributed by atoms with Gasteiger partial charge in [0.15, 0.2) is 0 Å². The molecule has 3 heterocycles. The molecular weight excluding hydrogens is 482 g/mol. The number of piperazine rings is 1. The Morgan fingerprint density at radius 2 is 1.69 bits per heavy atom. The number of likely N-dealkylation sites (N-methyl/N-ethyl adjacent to an activating group) is 1. The van der Waals surface area contributed by atoms with Gasteiger partial charge >= 0.3 is 0 Å². The van der Waals surface area contributed by atoms with E-state index in [0.29, 0.717) is 0 Å². The van der Waals surface area contributed by atoms with Gasteiger partial charge in [0, 0.05) is 52.5 Å². The molecule has 32 heavy (non-hydrogen) atoms. The van der Waals surface area contributed by atoms with Crippen molar-refractivity contribution < 1.29 is 0 Å². The first kappa shape index (κ1) is 21.4. The maximum Gasteiger partial charge on any atom is 0.143 e. The lowest BCUT2D eigenvalue weighted by Gasteiger charge is -2.34. The zero-order valence-corrected chi connectivity index (χ0v) is 20.7. The van der Waals surface area contributed by atoms with Crippen LogP contribution in [0.25, 0.3) is 21.3 Å². The van der Waals surface area contributed by atoms with Crippen LogP contribution in [0.3, 0.4) is 0 Å². The summed E-state index contributed by atoms with van der Waals surface area (Å²) in [7, 11) is 2.18. The van der Waals surface area contributed by atoms with Gasteiger partial charge < -0.3 is 15.1 Å². The smallest absolute Gasteiger partial charge is 0.143 e. The van der Waals surface area contributed by atoms with Crippen molar-refractivity contribution in [3.63, 3.8) is 0 Å². The van der Waals surface area contributed by atoms with Gasteiger partial charge in [-0.15, -0.1) is 11.3 Å². The summed E-state index contributed by atoms with van der Waals surface area (Å²) in [6.45, 7) is 6.55. The molecule has 1 aliphatic heterocycles. The molecule has 2 aromatic heterocycles. The van der Waals surface area contributed by atoms with E-state index in [1.54, 1.807) is 17.7 Å². The number of rotatable bonds is 5. The molecule has 4 aromatic rings. The Hall–Kier alpha value is -2.48. The highest BCUT2D eigenvalue weighted by Gasteiger charge is 2.19. The molecule has 0 saturated carbocycles. The van der Waals surface area contributed by atoms with Gasteiger partial charge in [0.25, 0.3) is 0 Å². The van der Waals surface area contributed by atoms with Crippen LogP contribution in [0.4, 0.5) is 17.2 Å². The topological polar surface area (TPSA) is 44.3 Å². The molecule has 0 atom stereocenters. The van der Waals surface area contributed by atoms with Crippen molar-refractivity contribution in [1.82, 2.24) is 14.9 Å². The number of aryl methyl sites for hydroxylation is 1. The minimum Gasteiger partial charge on any atom is -0.369 e. The van der Waals surface area contributed by atoms with Gasteiger partial charge in [-0.1, -0.05) is 35.0 Å². The second-order valence-corrected chi connectivity index (χ2v) is 10.1. The van der Waals surface area contributed by atoms with Crippen molar-refractivity contribution in [2.45, 2.75) is 13.3 Å². The first-order valence-corrected chi connectivity index (χ1v) is 12.6. The SMILES string of the molecule is CCc1sc2ncnc(Nc3ccc(N4CCN(C)CC4)cc3)c2c1-c1ccc(Br)cc1. The van der Waals surface area contributed by atoms with Gasteiger partial charge in [-0.05, 0) is 55.4 Å². The average Bonchev–Trinajstić information content (AvgIpc) is 3.20. The zero-order chi connectivity index (χ0) is 22.1. The highest BCUT2D eigenvalue weighted by atomic mass is 79.9. The Bertz CT molecular complexity index is 1210. The number of halogens is 1. The standard InChI is InChI=1S/C25H26BrN5S/c1-3-21-22(17-4-6-18(26)7-5-17)23-24(27-16-28-25(23)32-21)29-19-8-10-20(11-9-19)31-14-12-30(2)13-15-31/h4-11,16H,3,12-15H2,1-2H3,(H,27,28,29). The van der Waals surface area contributed by atoms with E-state index in [9.17, 15) is 0 Å². The summed E-state index contributed by atoms with van der Waals surface area (Å²) >= 11 is 5.31. The third-order valence-corrected chi connectivity index (χ3v) is 7.78. The van der Waals surface area contributed by atoms with Crippen LogP contribution >= 0.6 is 27.3 Å². The largest absolute Gasteiger partial charge is 0.369 e. The fraction of sp³-hybridized carbons (Fsp3) is 0.280. The van der Waals surface area contributed by atoms with Gasteiger partial charge in [0.05, 0.1) is 5.39 Å². The predicted octanol–water partition coefficient (Wildman–Crippen LogP) is 6.18. The van der Waals surface area contributed by atoms with Crippen LogP contribution in [0.2, 0.25) is 0 Å². The van der Waals surface area contributed by atoms with Crippen LogP contribution in [0, 0.1) is 0 Å². The highest BCUT2D eigenvalue weighted by Crippen LogP contribution is 2.42. The first-order chi connectivity index (χ1) is 15.6. The normalized spacial score (nSPS) is 14.8. The van der Waals surface area contributed by atoms with Crippen LogP contribution in [0.5, 0.6) is 0 Å². The molecule has 0 radical (unpaired) electrons. The van der Waals surface area contributed by atoms with E-state index in [4.69, 9.17) is 0 Å². The predicted molar refractivity (Wildman–Crippen MR) is 139 cm³/mol. The van der Waals surface area contributed by atoms with Crippen molar-refractivity contribution in [1.29, 1.82) is 0 Å². The van der Waals surface area contributed by atoms with E-state index in [-0.39, 0.29) is 0 Å². The van der Waals surface area contributed by atoms with Gasteiger partial charge in [0.2, 0.25) is 0 Å². The summed E-state index contributed by atoms with van der Waals surface area (Å²) in [5, 5.41) is 4.66. The second kappa shape index (κ2) is 9.17.